The topological polar surface area (TPSA) is 26.3 Å². The maximum Gasteiger partial charge on any atom is 0.158 e. The van der Waals surface area contributed by atoms with E-state index in [4.69, 9.17) is 4.74 Å². The van der Waals surface area contributed by atoms with Gasteiger partial charge >= 0.3 is 0 Å². The lowest BCUT2D eigenvalue weighted by atomic mass is 9.47. The lowest BCUT2D eigenvalue weighted by Gasteiger charge is -2.58. The Bertz CT molecular complexity index is 550. The molecule has 3 saturated carbocycles. The molecule has 2 heteroatoms. The van der Waals surface area contributed by atoms with Crippen LogP contribution in [0, 0.1) is 34.5 Å². The Morgan fingerprint density at radius 1 is 1.13 bits per heavy atom. The smallest absolute Gasteiger partial charge is 0.158 e. The second-order valence-electron chi connectivity index (χ2n) is 9.36. The molecule has 0 bridgehead atoms. The molecular formula is C21H32O2. The highest BCUT2D eigenvalue weighted by molar-refractivity contribution is 5.93. The van der Waals surface area contributed by atoms with Crippen molar-refractivity contribution < 1.29 is 9.53 Å². The van der Waals surface area contributed by atoms with Crippen molar-refractivity contribution in [3.63, 3.8) is 0 Å². The number of hydrogen-bond donors (Lipinski definition) is 0. The van der Waals surface area contributed by atoms with Gasteiger partial charge in [0.1, 0.15) is 0 Å². The van der Waals surface area contributed by atoms with Gasteiger partial charge in [-0.3, -0.25) is 4.79 Å². The average molecular weight is 316 g/mol. The van der Waals surface area contributed by atoms with Crippen LogP contribution in [0.25, 0.3) is 0 Å². The summed E-state index contributed by atoms with van der Waals surface area (Å²) < 4.78 is 5.87. The Morgan fingerprint density at radius 2 is 1.91 bits per heavy atom. The molecule has 4 aliphatic carbocycles. The standard InChI is InChI=1S/C21H32O2/c1-13-12-21(3)14(11-18(13)22)5-6-15-16-7-8-19(23-4)20(16,2)10-9-17(15)21/h11,13,15-17,19H,5-10,12H2,1-4H3/t13?,15-,16-,17+,19?,20-,21-/m0/s1. The first-order valence-corrected chi connectivity index (χ1v) is 9.68. The molecule has 4 aliphatic rings. The number of ketones is 1. The summed E-state index contributed by atoms with van der Waals surface area (Å²) in [6.45, 7) is 7.10. The molecule has 7 atom stereocenters. The van der Waals surface area contributed by atoms with E-state index in [1.807, 2.05) is 13.2 Å². The third-order valence-corrected chi connectivity index (χ3v) is 8.47. The van der Waals surface area contributed by atoms with E-state index in [1.54, 1.807) is 0 Å². The van der Waals surface area contributed by atoms with Gasteiger partial charge in [-0.05, 0) is 79.6 Å². The van der Waals surface area contributed by atoms with E-state index in [1.165, 1.54) is 37.7 Å². The first kappa shape index (κ1) is 15.9. The zero-order chi connectivity index (χ0) is 16.4. The predicted molar refractivity (Wildman–Crippen MR) is 92.1 cm³/mol. The highest BCUT2D eigenvalue weighted by Gasteiger charge is 2.59. The van der Waals surface area contributed by atoms with Gasteiger partial charge in [-0.15, -0.1) is 0 Å². The normalized spacial score (nSPS) is 52.4. The van der Waals surface area contributed by atoms with Gasteiger partial charge in [0.25, 0.3) is 0 Å². The zero-order valence-electron chi connectivity index (χ0n) is 15.2. The summed E-state index contributed by atoms with van der Waals surface area (Å²) in [4.78, 5) is 12.2. The highest BCUT2D eigenvalue weighted by Crippen LogP contribution is 2.65. The average Bonchev–Trinajstić information content (AvgIpc) is 2.85. The molecule has 0 aromatic heterocycles. The van der Waals surface area contributed by atoms with Crippen molar-refractivity contribution in [1.82, 2.24) is 0 Å². The van der Waals surface area contributed by atoms with E-state index in [-0.39, 0.29) is 11.3 Å². The first-order valence-electron chi connectivity index (χ1n) is 9.68. The van der Waals surface area contributed by atoms with Crippen LogP contribution in [0.5, 0.6) is 0 Å². The van der Waals surface area contributed by atoms with Crippen molar-refractivity contribution >= 4 is 5.78 Å². The van der Waals surface area contributed by atoms with Crippen LogP contribution in [0.1, 0.15) is 65.7 Å². The van der Waals surface area contributed by atoms with Gasteiger partial charge in [0, 0.05) is 13.0 Å². The van der Waals surface area contributed by atoms with Crippen molar-refractivity contribution in [3.8, 4) is 0 Å². The molecule has 128 valence electrons. The van der Waals surface area contributed by atoms with Gasteiger partial charge in [-0.1, -0.05) is 26.3 Å². The van der Waals surface area contributed by atoms with Gasteiger partial charge in [0.15, 0.2) is 5.78 Å². The number of ether oxygens (including phenoxy) is 1. The number of carbonyl (C=O) groups is 1. The van der Waals surface area contributed by atoms with Gasteiger partial charge in [-0.25, -0.2) is 0 Å². The third-order valence-electron chi connectivity index (χ3n) is 8.47. The van der Waals surface area contributed by atoms with Crippen LogP contribution < -0.4 is 0 Å². The van der Waals surface area contributed by atoms with Crippen LogP contribution in [0.2, 0.25) is 0 Å². The molecule has 3 fully saturated rings. The SMILES string of the molecule is COC1CC[C@H]2[C@@H]3CCC4=CC(=O)C(C)C[C@]4(C)[C@@H]3CC[C@]12C. The highest BCUT2D eigenvalue weighted by atomic mass is 16.5. The first-order chi connectivity index (χ1) is 10.9. The fourth-order valence-electron chi connectivity index (χ4n) is 7.24. The molecular weight excluding hydrogens is 284 g/mol. The minimum absolute atomic E-state index is 0.214. The van der Waals surface area contributed by atoms with Crippen molar-refractivity contribution in [2.24, 2.45) is 34.5 Å². The molecule has 23 heavy (non-hydrogen) atoms. The molecule has 0 spiro atoms. The van der Waals surface area contributed by atoms with Gasteiger partial charge in [0.2, 0.25) is 0 Å². The minimum Gasteiger partial charge on any atom is -0.381 e. The summed E-state index contributed by atoms with van der Waals surface area (Å²) in [7, 11) is 1.90. The Hall–Kier alpha value is -0.630. The lowest BCUT2D eigenvalue weighted by molar-refractivity contribution is -0.122. The Morgan fingerprint density at radius 3 is 2.65 bits per heavy atom. The van der Waals surface area contributed by atoms with E-state index in [9.17, 15) is 4.79 Å². The van der Waals surface area contributed by atoms with Crippen LogP contribution in [0.15, 0.2) is 11.6 Å². The molecule has 0 aromatic carbocycles. The van der Waals surface area contributed by atoms with Crippen LogP contribution in [0.3, 0.4) is 0 Å². The molecule has 0 aliphatic heterocycles. The summed E-state index contributed by atoms with van der Waals surface area (Å²) in [5, 5.41) is 0. The summed E-state index contributed by atoms with van der Waals surface area (Å²) in [5.41, 5.74) is 2.15. The monoisotopic (exact) mass is 316 g/mol. The minimum atomic E-state index is 0.214. The molecule has 0 N–H and O–H groups in total. The Labute approximate surface area is 141 Å². The largest absolute Gasteiger partial charge is 0.381 e. The van der Waals surface area contributed by atoms with Gasteiger partial charge < -0.3 is 4.74 Å². The van der Waals surface area contributed by atoms with Crippen molar-refractivity contribution in [3.05, 3.63) is 11.6 Å². The molecule has 2 nitrogen and oxygen atoms in total. The van der Waals surface area contributed by atoms with Crippen LogP contribution >= 0.6 is 0 Å². The van der Waals surface area contributed by atoms with Crippen molar-refractivity contribution in [2.45, 2.75) is 71.8 Å². The Balaban J connectivity index is 1.67. The van der Waals surface area contributed by atoms with Gasteiger partial charge in [0.05, 0.1) is 6.10 Å². The predicted octanol–water partition coefficient (Wildman–Crippen LogP) is 4.78. The van der Waals surface area contributed by atoms with E-state index in [0.29, 0.717) is 17.3 Å². The molecule has 4 rings (SSSR count). The fraction of sp³-hybridized carbons (Fsp3) is 0.857. The number of rotatable bonds is 1. The number of hydrogen-bond acceptors (Lipinski definition) is 2. The number of carbonyl (C=O) groups excluding carboxylic acids is 1. The van der Waals surface area contributed by atoms with Crippen molar-refractivity contribution in [2.75, 3.05) is 7.11 Å². The number of allylic oxidation sites excluding steroid dienone is 1. The molecule has 0 heterocycles. The van der Waals surface area contributed by atoms with Crippen LogP contribution in [0.4, 0.5) is 0 Å². The molecule has 2 unspecified atom stereocenters. The fourth-order valence-corrected chi connectivity index (χ4v) is 7.24. The second kappa shape index (κ2) is 5.18. The van der Waals surface area contributed by atoms with Gasteiger partial charge in [-0.2, -0.15) is 0 Å². The summed E-state index contributed by atoms with van der Waals surface area (Å²) in [6, 6.07) is 0. The second-order valence-corrected chi connectivity index (χ2v) is 9.36. The molecule has 0 aromatic rings. The van der Waals surface area contributed by atoms with E-state index in [0.717, 1.165) is 30.6 Å². The Kier molecular flexibility index (Phi) is 3.58. The van der Waals surface area contributed by atoms with E-state index in [2.05, 4.69) is 20.8 Å². The summed E-state index contributed by atoms with van der Waals surface area (Å²) in [5.74, 6) is 3.05. The van der Waals surface area contributed by atoms with Crippen molar-refractivity contribution in [1.29, 1.82) is 0 Å². The zero-order valence-corrected chi connectivity index (χ0v) is 15.2. The third kappa shape index (κ3) is 2.06. The number of fused-ring (bicyclic) bond motifs is 5. The van der Waals surface area contributed by atoms with E-state index >= 15 is 0 Å². The molecule has 0 saturated heterocycles. The van der Waals surface area contributed by atoms with Crippen LogP contribution in [-0.4, -0.2) is 19.0 Å². The number of methoxy groups -OCH3 is 1. The van der Waals surface area contributed by atoms with Crippen LogP contribution in [-0.2, 0) is 9.53 Å². The maximum atomic E-state index is 12.2. The summed E-state index contributed by atoms with van der Waals surface area (Å²) in [6.07, 6.45) is 11.3. The lowest BCUT2D eigenvalue weighted by Crippen LogP contribution is -2.52. The van der Waals surface area contributed by atoms with E-state index < -0.39 is 0 Å². The molecule has 0 amide bonds. The quantitative estimate of drug-likeness (QED) is 0.696. The maximum absolute atomic E-state index is 12.2. The molecule has 0 radical (unpaired) electrons. The summed E-state index contributed by atoms with van der Waals surface area (Å²) >= 11 is 0.